The molecule has 2 aromatic carbocycles. The summed E-state index contributed by atoms with van der Waals surface area (Å²) in [6.07, 6.45) is 1.09. The molecule has 0 aliphatic heterocycles. The van der Waals surface area contributed by atoms with E-state index in [1.165, 1.54) is 5.52 Å². The second kappa shape index (κ2) is 5.47. The lowest BCUT2D eigenvalue weighted by Crippen LogP contribution is -2.00. The van der Waals surface area contributed by atoms with Crippen LogP contribution in [0.5, 0.6) is 0 Å². The third-order valence-corrected chi connectivity index (χ3v) is 3.53. The van der Waals surface area contributed by atoms with Gasteiger partial charge in [0.05, 0.1) is 11.0 Å². The lowest BCUT2D eigenvalue weighted by Gasteiger charge is -2.07. The topological polar surface area (TPSA) is 43.8 Å². The fraction of sp³-hybridized carbons (Fsp3) is 0.235. The molecular formula is C17H19N3. The van der Waals surface area contributed by atoms with Gasteiger partial charge in [-0.25, -0.2) is 4.98 Å². The van der Waals surface area contributed by atoms with Gasteiger partial charge in [0.25, 0.3) is 0 Å². The van der Waals surface area contributed by atoms with E-state index in [1.807, 2.05) is 6.07 Å². The van der Waals surface area contributed by atoms with Crippen LogP contribution in [0.25, 0.3) is 22.4 Å². The van der Waals surface area contributed by atoms with Gasteiger partial charge in [0, 0.05) is 18.7 Å². The highest BCUT2D eigenvalue weighted by Crippen LogP contribution is 2.25. The molecule has 0 radical (unpaired) electrons. The van der Waals surface area contributed by atoms with E-state index in [2.05, 4.69) is 54.0 Å². The van der Waals surface area contributed by atoms with Crippen LogP contribution >= 0.6 is 0 Å². The first-order chi connectivity index (χ1) is 9.83. The molecule has 0 amide bonds. The van der Waals surface area contributed by atoms with Gasteiger partial charge < -0.3 is 10.3 Å². The lowest BCUT2D eigenvalue weighted by molar-refractivity contribution is 0.704. The number of aromatic nitrogens is 2. The highest BCUT2D eigenvalue weighted by Gasteiger charge is 2.11. The zero-order valence-corrected chi connectivity index (χ0v) is 11.7. The Bertz CT molecular complexity index is 714. The lowest BCUT2D eigenvalue weighted by atomic mass is 10.2. The molecule has 0 fully saturated rings. The smallest absolute Gasteiger partial charge is 0.141 e. The summed E-state index contributed by atoms with van der Waals surface area (Å²) in [5, 5.41) is 0. The highest BCUT2D eigenvalue weighted by molar-refractivity contribution is 5.81. The fourth-order valence-electron chi connectivity index (χ4n) is 2.56. The minimum absolute atomic E-state index is 0.553. The van der Waals surface area contributed by atoms with E-state index < -0.39 is 0 Å². The van der Waals surface area contributed by atoms with Crippen molar-refractivity contribution in [3.63, 3.8) is 0 Å². The molecule has 2 N–H and O–H groups in total. The molecule has 3 rings (SSSR count). The Morgan fingerprint density at radius 3 is 2.60 bits per heavy atom. The number of hydrogen-bond acceptors (Lipinski definition) is 2. The van der Waals surface area contributed by atoms with Gasteiger partial charge in [0.1, 0.15) is 5.82 Å². The molecule has 3 nitrogen and oxygen atoms in total. The summed E-state index contributed by atoms with van der Waals surface area (Å²) in [7, 11) is 0. The van der Waals surface area contributed by atoms with E-state index in [0.29, 0.717) is 6.54 Å². The summed E-state index contributed by atoms with van der Waals surface area (Å²) in [6, 6.07) is 16.7. The monoisotopic (exact) mass is 265 g/mol. The molecule has 1 aromatic heterocycles. The maximum atomic E-state index is 5.72. The zero-order valence-electron chi connectivity index (χ0n) is 11.7. The molecule has 1 heterocycles. The van der Waals surface area contributed by atoms with Crippen LogP contribution in [0, 0.1) is 0 Å². The van der Waals surface area contributed by atoms with Gasteiger partial charge in [-0.2, -0.15) is 0 Å². The third kappa shape index (κ3) is 2.21. The van der Waals surface area contributed by atoms with Crippen molar-refractivity contribution in [2.75, 3.05) is 0 Å². The van der Waals surface area contributed by atoms with E-state index in [0.717, 1.165) is 35.4 Å². The molecule has 0 atom stereocenters. The fourth-order valence-corrected chi connectivity index (χ4v) is 2.56. The van der Waals surface area contributed by atoms with Crippen LogP contribution in [-0.4, -0.2) is 9.55 Å². The maximum absolute atomic E-state index is 5.72. The average Bonchev–Trinajstić information content (AvgIpc) is 2.86. The van der Waals surface area contributed by atoms with Gasteiger partial charge in [-0.3, -0.25) is 0 Å². The third-order valence-electron chi connectivity index (χ3n) is 3.53. The average molecular weight is 265 g/mol. The van der Waals surface area contributed by atoms with Crippen LogP contribution in [0.4, 0.5) is 0 Å². The number of aryl methyl sites for hydroxylation is 1. The largest absolute Gasteiger partial charge is 0.326 e. The second-order valence-electron chi connectivity index (χ2n) is 4.98. The quantitative estimate of drug-likeness (QED) is 0.783. The molecule has 0 aliphatic carbocycles. The van der Waals surface area contributed by atoms with E-state index in [9.17, 15) is 0 Å². The molecule has 0 saturated carbocycles. The van der Waals surface area contributed by atoms with Crippen LogP contribution < -0.4 is 5.73 Å². The van der Waals surface area contributed by atoms with Crippen molar-refractivity contribution in [1.82, 2.24) is 9.55 Å². The van der Waals surface area contributed by atoms with Gasteiger partial charge >= 0.3 is 0 Å². The summed E-state index contributed by atoms with van der Waals surface area (Å²) >= 11 is 0. The molecule has 0 spiro atoms. The second-order valence-corrected chi connectivity index (χ2v) is 4.98. The van der Waals surface area contributed by atoms with E-state index in [4.69, 9.17) is 10.7 Å². The minimum atomic E-state index is 0.553. The minimum Gasteiger partial charge on any atom is -0.326 e. The number of imidazole rings is 1. The summed E-state index contributed by atoms with van der Waals surface area (Å²) in [6.45, 7) is 3.72. The Kier molecular flexibility index (Phi) is 3.52. The number of benzene rings is 2. The normalized spacial score (nSPS) is 11.1. The molecule has 3 heteroatoms. The predicted molar refractivity (Wildman–Crippen MR) is 83.4 cm³/mol. The summed E-state index contributed by atoms with van der Waals surface area (Å²) in [4.78, 5) is 4.82. The molecule has 20 heavy (non-hydrogen) atoms. The number of nitrogens with two attached hydrogens (primary N) is 1. The van der Waals surface area contributed by atoms with Gasteiger partial charge in [0.2, 0.25) is 0 Å². The molecule has 0 bridgehead atoms. The molecule has 0 aliphatic rings. The number of rotatable bonds is 4. The summed E-state index contributed by atoms with van der Waals surface area (Å²) in [5.41, 5.74) is 10.2. The van der Waals surface area contributed by atoms with Crippen LogP contribution in [0.3, 0.4) is 0 Å². The van der Waals surface area contributed by atoms with E-state index in [1.54, 1.807) is 0 Å². The van der Waals surface area contributed by atoms with Crippen molar-refractivity contribution >= 4 is 11.0 Å². The number of hydrogen-bond donors (Lipinski definition) is 1. The van der Waals surface area contributed by atoms with Crippen molar-refractivity contribution in [2.24, 2.45) is 5.73 Å². The van der Waals surface area contributed by atoms with Gasteiger partial charge in [0.15, 0.2) is 0 Å². The Labute approximate surface area is 119 Å². The maximum Gasteiger partial charge on any atom is 0.141 e. The first-order valence-electron chi connectivity index (χ1n) is 7.08. The Balaban J connectivity index is 2.22. The van der Waals surface area contributed by atoms with Gasteiger partial charge in [-0.15, -0.1) is 0 Å². The Morgan fingerprint density at radius 2 is 1.90 bits per heavy atom. The summed E-state index contributed by atoms with van der Waals surface area (Å²) in [5.74, 6) is 1.04. The van der Waals surface area contributed by atoms with Gasteiger partial charge in [-0.05, 0) is 24.1 Å². The Morgan fingerprint density at radius 1 is 1.10 bits per heavy atom. The Hall–Kier alpha value is -2.13. The molecule has 3 aromatic rings. The molecular weight excluding hydrogens is 246 g/mol. The molecule has 0 unspecified atom stereocenters. The van der Waals surface area contributed by atoms with Crippen LogP contribution in [0.15, 0.2) is 48.5 Å². The van der Waals surface area contributed by atoms with E-state index >= 15 is 0 Å². The van der Waals surface area contributed by atoms with Crippen LogP contribution in [0.2, 0.25) is 0 Å². The van der Waals surface area contributed by atoms with Crippen molar-refractivity contribution in [3.05, 3.63) is 54.1 Å². The van der Waals surface area contributed by atoms with Crippen LogP contribution in [0.1, 0.15) is 18.9 Å². The molecule has 0 saturated heterocycles. The first kappa shape index (κ1) is 12.9. The SMILES string of the molecule is CCCn1c(-c2ccccc2)nc2cc(CN)ccc21. The zero-order chi connectivity index (χ0) is 13.9. The molecule has 102 valence electrons. The first-order valence-corrected chi connectivity index (χ1v) is 7.08. The van der Waals surface area contributed by atoms with Crippen LogP contribution in [-0.2, 0) is 13.1 Å². The van der Waals surface area contributed by atoms with Crippen molar-refractivity contribution < 1.29 is 0 Å². The van der Waals surface area contributed by atoms with Crippen molar-refractivity contribution in [1.29, 1.82) is 0 Å². The van der Waals surface area contributed by atoms with Crippen molar-refractivity contribution in [2.45, 2.75) is 26.4 Å². The van der Waals surface area contributed by atoms with Crippen molar-refractivity contribution in [3.8, 4) is 11.4 Å². The standard InChI is InChI=1S/C17H19N3/c1-2-10-20-16-9-8-13(12-18)11-15(16)19-17(20)14-6-4-3-5-7-14/h3-9,11H,2,10,12,18H2,1H3. The predicted octanol–water partition coefficient (Wildman–Crippen LogP) is 3.57. The number of fused-ring (bicyclic) bond motifs is 1. The highest BCUT2D eigenvalue weighted by atomic mass is 15.1. The number of nitrogens with zero attached hydrogens (tertiary/aromatic N) is 2. The summed E-state index contributed by atoms with van der Waals surface area (Å²) < 4.78 is 2.30. The van der Waals surface area contributed by atoms with Gasteiger partial charge in [-0.1, -0.05) is 43.3 Å². The van der Waals surface area contributed by atoms with E-state index in [-0.39, 0.29) is 0 Å².